The van der Waals surface area contributed by atoms with Crippen molar-refractivity contribution >= 4 is 5.97 Å². The third kappa shape index (κ3) is 4.98. The van der Waals surface area contributed by atoms with Crippen LogP contribution in [-0.2, 0) is 17.7 Å². The van der Waals surface area contributed by atoms with Crippen LogP contribution in [0.4, 0.5) is 4.39 Å². The highest BCUT2D eigenvalue weighted by Gasteiger charge is 2.10. The zero-order valence-electron chi connectivity index (χ0n) is 15.2. The van der Waals surface area contributed by atoms with Crippen LogP contribution in [0.1, 0.15) is 28.5 Å². The maximum atomic E-state index is 13.3. The maximum absolute atomic E-state index is 13.3. The highest BCUT2D eigenvalue weighted by Crippen LogP contribution is 2.11. The molecule has 0 aliphatic heterocycles. The van der Waals surface area contributed by atoms with Crippen molar-refractivity contribution in [2.45, 2.75) is 25.9 Å². The molecule has 0 bridgehead atoms. The van der Waals surface area contributed by atoms with Gasteiger partial charge in [0.1, 0.15) is 5.82 Å². The summed E-state index contributed by atoms with van der Waals surface area (Å²) < 4.78 is 19.6. The molecule has 1 unspecified atom stereocenters. The first kappa shape index (κ1) is 18.7. The molecular formula is C20H21FN4O2. The molecule has 0 radical (unpaired) electrons. The Hall–Kier alpha value is -3.06. The maximum Gasteiger partial charge on any atom is 0.337 e. The van der Waals surface area contributed by atoms with Gasteiger partial charge < -0.3 is 10.1 Å². The summed E-state index contributed by atoms with van der Waals surface area (Å²) in [4.78, 5) is 11.6. The van der Waals surface area contributed by atoms with E-state index in [0.717, 1.165) is 16.9 Å². The fraction of sp³-hybridized carbons (Fsp3) is 0.250. The number of carbonyl (C=O) groups excluding carboxylic acids is 1. The minimum atomic E-state index is -0.398. The Morgan fingerprint density at radius 3 is 2.85 bits per heavy atom. The van der Waals surface area contributed by atoms with E-state index in [1.54, 1.807) is 41.2 Å². The van der Waals surface area contributed by atoms with Crippen LogP contribution in [0.5, 0.6) is 0 Å². The molecule has 0 amide bonds. The molecule has 27 heavy (non-hydrogen) atoms. The minimum absolute atomic E-state index is 0.152. The zero-order valence-corrected chi connectivity index (χ0v) is 15.2. The lowest BCUT2D eigenvalue weighted by molar-refractivity contribution is 0.0600. The summed E-state index contributed by atoms with van der Waals surface area (Å²) in [6, 6.07) is 13.7. The Balaban J connectivity index is 1.60. The number of nitrogens with one attached hydrogen (secondary N) is 1. The highest BCUT2D eigenvalue weighted by molar-refractivity contribution is 5.89. The number of ether oxygens (including phenoxy) is 1. The van der Waals surface area contributed by atoms with Crippen LogP contribution in [-0.4, -0.2) is 34.1 Å². The summed E-state index contributed by atoms with van der Waals surface area (Å²) in [5.41, 5.74) is 2.89. The normalized spacial score (nSPS) is 12.0. The Kier molecular flexibility index (Phi) is 5.93. The van der Waals surface area contributed by atoms with Crippen LogP contribution >= 0.6 is 0 Å². The van der Waals surface area contributed by atoms with Gasteiger partial charge in [-0.15, -0.1) is 5.10 Å². The number of aromatic nitrogens is 3. The number of rotatable bonds is 7. The summed E-state index contributed by atoms with van der Waals surface area (Å²) in [7, 11) is 1.35. The number of benzene rings is 2. The van der Waals surface area contributed by atoms with Crippen molar-refractivity contribution in [3.8, 4) is 5.69 Å². The molecule has 3 rings (SSSR count). The van der Waals surface area contributed by atoms with Gasteiger partial charge >= 0.3 is 5.97 Å². The quantitative estimate of drug-likeness (QED) is 0.650. The van der Waals surface area contributed by atoms with Crippen molar-refractivity contribution in [1.29, 1.82) is 0 Å². The first-order valence-electron chi connectivity index (χ1n) is 8.63. The van der Waals surface area contributed by atoms with E-state index in [9.17, 15) is 9.18 Å². The molecule has 0 saturated carbocycles. The van der Waals surface area contributed by atoms with Crippen molar-refractivity contribution in [3.63, 3.8) is 0 Å². The predicted molar refractivity (Wildman–Crippen MR) is 99.1 cm³/mol. The lowest BCUT2D eigenvalue weighted by Crippen LogP contribution is -2.27. The van der Waals surface area contributed by atoms with E-state index in [0.29, 0.717) is 18.5 Å². The number of hydrogen-bond acceptors (Lipinski definition) is 5. The second-order valence-electron chi connectivity index (χ2n) is 6.31. The smallest absolute Gasteiger partial charge is 0.337 e. The Bertz CT molecular complexity index is 926. The van der Waals surface area contributed by atoms with E-state index >= 15 is 0 Å². The third-order valence-corrected chi connectivity index (χ3v) is 4.14. The topological polar surface area (TPSA) is 69.0 Å². The summed E-state index contributed by atoms with van der Waals surface area (Å²) >= 11 is 0. The lowest BCUT2D eigenvalue weighted by atomic mass is 10.1. The molecule has 2 aromatic carbocycles. The van der Waals surface area contributed by atoms with Crippen molar-refractivity contribution in [3.05, 3.63) is 77.4 Å². The Morgan fingerprint density at radius 1 is 1.26 bits per heavy atom. The molecule has 7 heteroatoms. The summed E-state index contributed by atoms with van der Waals surface area (Å²) in [6.07, 6.45) is 2.52. The molecule has 3 aromatic rings. The average molecular weight is 368 g/mol. The molecule has 1 N–H and O–H groups in total. The molecule has 0 fully saturated rings. The largest absolute Gasteiger partial charge is 0.465 e. The van der Waals surface area contributed by atoms with E-state index < -0.39 is 5.97 Å². The van der Waals surface area contributed by atoms with Gasteiger partial charge in [-0.1, -0.05) is 23.4 Å². The van der Waals surface area contributed by atoms with E-state index in [1.807, 2.05) is 19.1 Å². The predicted octanol–water partition coefficient (Wildman–Crippen LogP) is 2.91. The zero-order chi connectivity index (χ0) is 19.2. The SMILES string of the molecule is COC(=O)c1cccc(-n2cc(CNC(C)Cc3cccc(F)c3)nn2)c1. The van der Waals surface area contributed by atoms with Crippen molar-refractivity contribution in [1.82, 2.24) is 20.3 Å². The molecule has 6 nitrogen and oxygen atoms in total. The van der Waals surface area contributed by atoms with Gasteiger partial charge in [0, 0.05) is 12.6 Å². The molecule has 1 heterocycles. The van der Waals surface area contributed by atoms with Gasteiger partial charge in [0.15, 0.2) is 0 Å². The average Bonchev–Trinajstić information content (AvgIpc) is 3.15. The second kappa shape index (κ2) is 8.55. The van der Waals surface area contributed by atoms with E-state index in [-0.39, 0.29) is 11.9 Å². The number of methoxy groups -OCH3 is 1. The Labute approximate surface area is 157 Å². The van der Waals surface area contributed by atoms with Crippen LogP contribution < -0.4 is 5.32 Å². The Morgan fingerprint density at radius 2 is 2.07 bits per heavy atom. The number of carbonyl (C=O) groups is 1. The van der Waals surface area contributed by atoms with Crippen LogP contribution in [0.25, 0.3) is 5.69 Å². The minimum Gasteiger partial charge on any atom is -0.465 e. The number of hydrogen-bond donors (Lipinski definition) is 1. The number of esters is 1. The van der Waals surface area contributed by atoms with Gasteiger partial charge in [-0.25, -0.2) is 13.9 Å². The molecule has 0 aliphatic carbocycles. The van der Waals surface area contributed by atoms with Gasteiger partial charge in [0.2, 0.25) is 0 Å². The fourth-order valence-electron chi connectivity index (χ4n) is 2.77. The van der Waals surface area contributed by atoms with Gasteiger partial charge in [0.25, 0.3) is 0 Å². The molecule has 140 valence electrons. The summed E-state index contributed by atoms with van der Waals surface area (Å²) in [5.74, 6) is -0.623. The van der Waals surface area contributed by atoms with Gasteiger partial charge in [-0.2, -0.15) is 0 Å². The van der Waals surface area contributed by atoms with Crippen molar-refractivity contribution in [2.75, 3.05) is 7.11 Å². The second-order valence-corrected chi connectivity index (χ2v) is 6.31. The first-order chi connectivity index (χ1) is 13.0. The summed E-state index contributed by atoms with van der Waals surface area (Å²) in [5, 5.41) is 11.6. The highest BCUT2D eigenvalue weighted by atomic mass is 19.1. The third-order valence-electron chi connectivity index (χ3n) is 4.14. The van der Waals surface area contributed by atoms with Crippen LogP contribution in [0.3, 0.4) is 0 Å². The van der Waals surface area contributed by atoms with Crippen LogP contribution in [0.15, 0.2) is 54.7 Å². The fourth-order valence-corrected chi connectivity index (χ4v) is 2.77. The molecule has 1 aromatic heterocycles. The number of nitrogens with zero attached hydrogens (tertiary/aromatic N) is 3. The van der Waals surface area contributed by atoms with Crippen LogP contribution in [0, 0.1) is 5.82 Å². The first-order valence-corrected chi connectivity index (χ1v) is 8.63. The van der Waals surface area contributed by atoms with Gasteiger partial charge in [0.05, 0.1) is 30.3 Å². The standard InChI is InChI=1S/C20H21FN4O2/c1-14(9-15-5-3-7-17(21)10-15)22-12-18-13-25(24-23-18)19-8-4-6-16(11-19)20(26)27-2/h3-8,10-11,13-14,22H,9,12H2,1-2H3. The molecular weight excluding hydrogens is 347 g/mol. The summed E-state index contributed by atoms with van der Waals surface area (Å²) in [6.45, 7) is 2.57. The lowest BCUT2D eigenvalue weighted by Gasteiger charge is -2.12. The molecule has 0 saturated heterocycles. The van der Waals surface area contributed by atoms with Crippen molar-refractivity contribution < 1.29 is 13.9 Å². The van der Waals surface area contributed by atoms with Gasteiger partial charge in [-0.05, 0) is 49.2 Å². The van der Waals surface area contributed by atoms with E-state index in [4.69, 9.17) is 4.74 Å². The van der Waals surface area contributed by atoms with E-state index in [1.165, 1.54) is 13.2 Å². The molecule has 0 aliphatic rings. The van der Waals surface area contributed by atoms with Crippen LogP contribution in [0.2, 0.25) is 0 Å². The monoisotopic (exact) mass is 368 g/mol. The van der Waals surface area contributed by atoms with Gasteiger partial charge in [-0.3, -0.25) is 0 Å². The van der Waals surface area contributed by atoms with E-state index in [2.05, 4.69) is 15.6 Å². The van der Waals surface area contributed by atoms with Crippen molar-refractivity contribution in [2.24, 2.45) is 0 Å². The number of halogens is 1. The molecule has 1 atom stereocenters. The molecule has 0 spiro atoms.